The fourth-order valence-corrected chi connectivity index (χ4v) is 2.35. The van der Waals surface area contributed by atoms with Crippen molar-refractivity contribution in [2.75, 3.05) is 36.0 Å². The molecule has 3 rings (SSSR count). The van der Waals surface area contributed by atoms with Crippen LogP contribution in [0.5, 0.6) is 0 Å². The highest BCUT2D eigenvalue weighted by Gasteiger charge is 2.19. The molecule has 0 unspecified atom stereocenters. The van der Waals surface area contributed by atoms with E-state index in [0.29, 0.717) is 0 Å². The lowest BCUT2D eigenvalue weighted by molar-refractivity contribution is 0.0690. The first-order valence-corrected chi connectivity index (χ1v) is 6.70. The summed E-state index contributed by atoms with van der Waals surface area (Å²) < 4.78 is 0. The van der Waals surface area contributed by atoms with Gasteiger partial charge in [0, 0.05) is 50.5 Å². The summed E-state index contributed by atoms with van der Waals surface area (Å²) in [5.41, 5.74) is 0.956. The Labute approximate surface area is 121 Å². The summed E-state index contributed by atoms with van der Waals surface area (Å²) in [4.78, 5) is 27.6. The number of anilines is 2. The fraction of sp³-hybridized carbons (Fsp3) is 0.286. The molecule has 0 saturated carbocycles. The Bertz CT molecular complexity index is 626. The lowest BCUT2D eigenvalue weighted by Crippen LogP contribution is -2.47. The summed E-state index contributed by atoms with van der Waals surface area (Å²) in [5.74, 6) is -0.272. The van der Waals surface area contributed by atoms with E-state index in [1.807, 2.05) is 6.07 Å². The van der Waals surface area contributed by atoms with Gasteiger partial charge in [-0.05, 0) is 18.2 Å². The summed E-state index contributed by atoms with van der Waals surface area (Å²) >= 11 is 0. The minimum Gasteiger partial charge on any atom is -0.477 e. The van der Waals surface area contributed by atoms with Gasteiger partial charge in [-0.2, -0.15) is 0 Å². The minimum absolute atomic E-state index is 0.0707. The van der Waals surface area contributed by atoms with E-state index < -0.39 is 5.97 Å². The van der Waals surface area contributed by atoms with Crippen LogP contribution in [-0.4, -0.2) is 52.2 Å². The molecule has 1 fully saturated rings. The third kappa shape index (κ3) is 2.91. The summed E-state index contributed by atoms with van der Waals surface area (Å²) in [5, 5.41) is 8.99. The predicted molar refractivity (Wildman–Crippen MR) is 77.7 cm³/mol. The number of hydrogen-bond acceptors (Lipinski definition) is 6. The largest absolute Gasteiger partial charge is 0.477 e. The molecule has 21 heavy (non-hydrogen) atoms. The van der Waals surface area contributed by atoms with E-state index >= 15 is 0 Å². The smallest absolute Gasteiger partial charge is 0.354 e. The maximum absolute atomic E-state index is 11.0. The van der Waals surface area contributed by atoms with Crippen molar-refractivity contribution < 1.29 is 9.90 Å². The SMILES string of the molecule is O=C(O)c1cc(N2CCN(c3ncccn3)CC2)ccn1. The summed E-state index contributed by atoms with van der Waals surface area (Å²) in [6.45, 7) is 3.19. The first-order valence-electron chi connectivity index (χ1n) is 6.70. The Morgan fingerprint density at radius 1 is 1.00 bits per heavy atom. The van der Waals surface area contributed by atoms with Crippen LogP contribution in [0.4, 0.5) is 11.6 Å². The second-order valence-electron chi connectivity index (χ2n) is 4.73. The zero-order valence-electron chi connectivity index (χ0n) is 11.4. The van der Waals surface area contributed by atoms with Crippen LogP contribution in [0.1, 0.15) is 10.5 Å². The molecule has 2 aromatic rings. The molecule has 0 spiro atoms. The van der Waals surface area contributed by atoms with Gasteiger partial charge in [0.2, 0.25) is 5.95 Å². The number of nitrogens with zero attached hydrogens (tertiary/aromatic N) is 5. The maximum Gasteiger partial charge on any atom is 0.354 e. The van der Waals surface area contributed by atoms with Crippen molar-refractivity contribution in [1.82, 2.24) is 15.0 Å². The number of rotatable bonds is 3. The molecule has 0 bridgehead atoms. The topological polar surface area (TPSA) is 82.5 Å². The standard InChI is InChI=1S/C14H15N5O2/c20-13(21)12-10-11(2-5-15-12)18-6-8-19(9-7-18)14-16-3-1-4-17-14/h1-5,10H,6-9H2,(H,20,21). The van der Waals surface area contributed by atoms with E-state index in [2.05, 4.69) is 24.8 Å². The fourth-order valence-electron chi connectivity index (χ4n) is 2.35. The number of hydrogen-bond donors (Lipinski definition) is 1. The molecule has 7 nitrogen and oxygen atoms in total. The first kappa shape index (κ1) is 13.3. The average molecular weight is 285 g/mol. The summed E-state index contributed by atoms with van der Waals surface area (Å²) in [6.07, 6.45) is 5.00. The third-order valence-corrected chi connectivity index (χ3v) is 3.44. The monoisotopic (exact) mass is 285 g/mol. The van der Waals surface area contributed by atoms with Gasteiger partial charge in [0.05, 0.1) is 0 Å². The van der Waals surface area contributed by atoms with Crippen molar-refractivity contribution in [3.05, 3.63) is 42.5 Å². The van der Waals surface area contributed by atoms with Crippen LogP contribution in [0.25, 0.3) is 0 Å². The third-order valence-electron chi connectivity index (χ3n) is 3.44. The van der Waals surface area contributed by atoms with Gasteiger partial charge in [0.15, 0.2) is 0 Å². The van der Waals surface area contributed by atoms with Crippen molar-refractivity contribution in [1.29, 1.82) is 0 Å². The lowest BCUT2D eigenvalue weighted by atomic mass is 10.2. The van der Waals surface area contributed by atoms with Gasteiger partial charge in [-0.3, -0.25) is 0 Å². The van der Waals surface area contributed by atoms with Crippen molar-refractivity contribution in [2.45, 2.75) is 0 Å². The second-order valence-corrected chi connectivity index (χ2v) is 4.73. The van der Waals surface area contributed by atoms with Crippen LogP contribution in [0.3, 0.4) is 0 Å². The molecular formula is C14H15N5O2. The molecule has 1 aliphatic heterocycles. The zero-order chi connectivity index (χ0) is 14.7. The molecule has 3 heterocycles. The van der Waals surface area contributed by atoms with Gasteiger partial charge < -0.3 is 14.9 Å². The number of piperazine rings is 1. The number of aromatic carboxylic acids is 1. The van der Waals surface area contributed by atoms with Crippen LogP contribution in [0.15, 0.2) is 36.8 Å². The number of carbonyl (C=O) groups is 1. The number of pyridine rings is 1. The van der Waals surface area contributed by atoms with E-state index in [1.165, 1.54) is 6.20 Å². The Morgan fingerprint density at radius 3 is 2.33 bits per heavy atom. The molecule has 0 aliphatic carbocycles. The van der Waals surface area contributed by atoms with Gasteiger partial charge >= 0.3 is 5.97 Å². The van der Waals surface area contributed by atoms with E-state index in [1.54, 1.807) is 24.5 Å². The highest BCUT2D eigenvalue weighted by Crippen LogP contribution is 2.18. The highest BCUT2D eigenvalue weighted by molar-refractivity contribution is 5.86. The zero-order valence-corrected chi connectivity index (χ0v) is 11.4. The molecule has 0 radical (unpaired) electrons. The van der Waals surface area contributed by atoms with Crippen LogP contribution in [0, 0.1) is 0 Å². The molecule has 7 heteroatoms. The first-order chi connectivity index (χ1) is 10.2. The number of aromatic nitrogens is 3. The van der Waals surface area contributed by atoms with E-state index in [-0.39, 0.29) is 5.69 Å². The van der Waals surface area contributed by atoms with Crippen molar-refractivity contribution in [2.24, 2.45) is 0 Å². The van der Waals surface area contributed by atoms with Crippen LogP contribution in [-0.2, 0) is 0 Å². The Balaban J connectivity index is 1.68. The molecule has 0 aromatic carbocycles. The van der Waals surface area contributed by atoms with Gasteiger partial charge in [-0.25, -0.2) is 19.7 Å². The van der Waals surface area contributed by atoms with Crippen molar-refractivity contribution in [3.63, 3.8) is 0 Å². The molecule has 1 saturated heterocycles. The quantitative estimate of drug-likeness (QED) is 0.897. The molecular weight excluding hydrogens is 270 g/mol. The molecule has 1 N–H and O–H groups in total. The summed E-state index contributed by atoms with van der Waals surface area (Å²) in [7, 11) is 0. The second kappa shape index (κ2) is 5.74. The predicted octanol–water partition coefficient (Wildman–Crippen LogP) is 0.896. The molecule has 2 aromatic heterocycles. The average Bonchev–Trinajstić information content (AvgIpc) is 2.56. The van der Waals surface area contributed by atoms with Gasteiger partial charge in [-0.15, -0.1) is 0 Å². The van der Waals surface area contributed by atoms with Gasteiger partial charge in [0.1, 0.15) is 5.69 Å². The minimum atomic E-state index is -1.01. The Hall–Kier alpha value is -2.70. The normalized spacial score (nSPS) is 15.0. The molecule has 108 valence electrons. The molecule has 0 atom stereocenters. The van der Waals surface area contributed by atoms with E-state index in [4.69, 9.17) is 5.11 Å². The van der Waals surface area contributed by atoms with Gasteiger partial charge in [0.25, 0.3) is 0 Å². The van der Waals surface area contributed by atoms with Gasteiger partial charge in [-0.1, -0.05) is 0 Å². The number of carboxylic acids is 1. The highest BCUT2D eigenvalue weighted by atomic mass is 16.4. The summed E-state index contributed by atoms with van der Waals surface area (Å²) in [6, 6.07) is 5.24. The van der Waals surface area contributed by atoms with Crippen LogP contribution >= 0.6 is 0 Å². The molecule has 1 aliphatic rings. The van der Waals surface area contributed by atoms with Crippen LogP contribution < -0.4 is 9.80 Å². The van der Waals surface area contributed by atoms with Crippen LogP contribution in [0.2, 0.25) is 0 Å². The number of carboxylic acid groups (broad SMARTS) is 1. The van der Waals surface area contributed by atoms with E-state index in [0.717, 1.165) is 37.8 Å². The molecule has 0 amide bonds. The van der Waals surface area contributed by atoms with E-state index in [9.17, 15) is 4.79 Å². The Kier molecular flexibility index (Phi) is 3.63. The van der Waals surface area contributed by atoms with Crippen molar-refractivity contribution >= 4 is 17.6 Å². The lowest BCUT2D eigenvalue weighted by Gasteiger charge is -2.36. The Morgan fingerprint density at radius 2 is 1.67 bits per heavy atom. The van der Waals surface area contributed by atoms with Crippen molar-refractivity contribution in [3.8, 4) is 0 Å². The maximum atomic E-state index is 11.0.